The Bertz CT molecular complexity index is 567. The largest absolute Gasteiger partial charge is 0.507 e. The van der Waals surface area contributed by atoms with Crippen molar-refractivity contribution >= 4 is 16.5 Å². The Kier molecular flexibility index (Phi) is 2.84. The van der Waals surface area contributed by atoms with E-state index in [4.69, 9.17) is 5.73 Å². The maximum atomic E-state index is 9.85. The molecule has 0 amide bonds. The summed E-state index contributed by atoms with van der Waals surface area (Å²) in [6, 6.07) is 12.4. The number of phenolic OH excluding ortho intramolecular Hbond substituents is 1. The molecule has 1 aliphatic carbocycles. The van der Waals surface area contributed by atoms with Gasteiger partial charge in [-0.15, -0.1) is 0 Å². The van der Waals surface area contributed by atoms with E-state index in [0.717, 1.165) is 35.7 Å². The zero-order valence-electron chi connectivity index (χ0n) is 10.3. The second kappa shape index (κ2) is 4.50. The van der Waals surface area contributed by atoms with Crippen molar-refractivity contribution in [3.05, 3.63) is 36.4 Å². The summed E-state index contributed by atoms with van der Waals surface area (Å²) in [7, 11) is 0. The highest BCUT2D eigenvalue weighted by molar-refractivity contribution is 5.97. The average molecular weight is 242 g/mol. The third-order valence-electron chi connectivity index (χ3n) is 3.73. The Labute approximate surface area is 107 Å². The third-order valence-corrected chi connectivity index (χ3v) is 3.73. The second-order valence-electron chi connectivity index (χ2n) is 5.09. The summed E-state index contributed by atoms with van der Waals surface area (Å²) in [5.74, 6) is 0.333. The molecule has 1 fully saturated rings. The Hall–Kier alpha value is -1.74. The molecule has 4 N–H and O–H groups in total. The first-order valence-electron chi connectivity index (χ1n) is 6.47. The molecule has 2 unspecified atom stereocenters. The quantitative estimate of drug-likeness (QED) is 0.759. The minimum Gasteiger partial charge on any atom is -0.507 e. The SMILES string of the molecule is NC1CCC(Nc2cccc3c(O)cccc23)C1. The van der Waals surface area contributed by atoms with E-state index < -0.39 is 0 Å². The maximum absolute atomic E-state index is 9.85. The zero-order chi connectivity index (χ0) is 12.5. The predicted molar refractivity (Wildman–Crippen MR) is 74.8 cm³/mol. The summed E-state index contributed by atoms with van der Waals surface area (Å²) in [6.07, 6.45) is 3.24. The van der Waals surface area contributed by atoms with Crippen molar-refractivity contribution in [1.82, 2.24) is 0 Å². The Morgan fingerprint density at radius 3 is 2.61 bits per heavy atom. The van der Waals surface area contributed by atoms with Crippen LogP contribution in [0.1, 0.15) is 19.3 Å². The smallest absolute Gasteiger partial charge is 0.123 e. The molecule has 0 spiro atoms. The number of hydrogen-bond acceptors (Lipinski definition) is 3. The van der Waals surface area contributed by atoms with E-state index >= 15 is 0 Å². The van der Waals surface area contributed by atoms with Crippen LogP contribution in [0.25, 0.3) is 10.8 Å². The van der Waals surface area contributed by atoms with Crippen molar-refractivity contribution in [2.75, 3.05) is 5.32 Å². The van der Waals surface area contributed by atoms with Crippen LogP contribution in [0.15, 0.2) is 36.4 Å². The fraction of sp³-hybridized carbons (Fsp3) is 0.333. The molecular weight excluding hydrogens is 224 g/mol. The van der Waals surface area contributed by atoms with Crippen molar-refractivity contribution in [3.63, 3.8) is 0 Å². The van der Waals surface area contributed by atoms with E-state index in [1.165, 1.54) is 0 Å². The first kappa shape index (κ1) is 11.4. The molecule has 2 atom stereocenters. The number of fused-ring (bicyclic) bond motifs is 1. The highest BCUT2D eigenvalue weighted by Gasteiger charge is 2.21. The van der Waals surface area contributed by atoms with Crippen molar-refractivity contribution in [1.29, 1.82) is 0 Å². The van der Waals surface area contributed by atoms with Gasteiger partial charge in [-0.25, -0.2) is 0 Å². The van der Waals surface area contributed by atoms with E-state index in [2.05, 4.69) is 11.4 Å². The third kappa shape index (κ3) is 2.02. The molecule has 1 aliphatic rings. The van der Waals surface area contributed by atoms with Crippen LogP contribution in [0.2, 0.25) is 0 Å². The summed E-state index contributed by atoms with van der Waals surface area (Å²) < 4.78 is 0. The number of rotatable bonds is 2. The summed E-state index contributed by atoms with van der Waals surface area (Å²) in [4.78, 5) is 0. The predicted octanol–water partition coefficient (Wildman–Crippen LogP) is 2.84. The summed E-state index contributed by atoms with van der Waals surface area (Å²) in [6.45, 7) is 0. The Balaban J connectivity index is 1.94. The van der Waals surface area contributed by atoms with Gasteiger partial charge in [-0.05, 0) is 31.4 Å². The molecule has 94 valence electrons. The van der Waals surface area contributed by atoms with Crippen LogP contribution < -0.4 is 11.1 Å². The lowest BCUT2D eigenvalue weighted by Crippen LogP contribution is -2.20. The molecule has 2 aromatic rings. The van der Waals surface area contributed by atoms with E-state index in [1.807, 2.05) is 24.3 Å². The van der Waals surface area contributed by atoms with Gasteiger partial charge in [0.05, 0.1) is 0 Å². The Morgan fingerprint density at radius 1 is 1.06 bits per heavy atom. The van der Waals surface area contributed by atoms with Crippen molar-refractivity contribution < 1.29 is 5.11 Å². The number of phenols is 1. The average Bonchev–Trinajstić information content (AvgIpc) is 2.76. The van der Waals surface area contributed by atoms with Crippen molar-refractivity contribution in [2.24, 2.45) is 5.73 Å². The van der Waals surface area contributed by atoms with Crippen LogP contribution in [-0.2, 0) is 0 Å². The van der Waals surface area contributed by atoms with Gasteiger partial charge in [0.1, 0.15) is 5.75 Å². The molecule has 1 saturated carbocycles. The first-order chi connectivity index (χ1) is 8.74. The number of hydrogen-bond donors (Lipinski definition) is 3. The fourth-order valence-corrected chi connectivity index (χ4v) is 2.79. The minimum absolute atomic E-state index is 0.325. The van der Waals surface area contributed by atoms with Gasteiger partial charge < -0.3 is 16.2 Å². The molecule has 2 aromatic carbocycles. The molecule has 0 heterocycles. The molecule has 0 aromatic heterocycles. The molecule has 3 heteroatoms. The number of aromatic hydroxyl groups is 1. The van der Waals surface area contributed by atoms with Gasteiger partial charge in [0.15, 0.2) is 0 Å². The topological polar surface area (TPSA) is 58.3 Å². The lowest BCUT2D eigenvalue weighted by Gasteiger charge is -2.16. The molecular formula is C15H18N2O. The molecule has 0 bridgehead atoms. The molecule has 18 heavy (non-hydrogen) atoms. The molecule has 0 radical (unpaired) electrons. The first-order valence-corrected chi connectivity index (χ1v) is 6.47. The fourth-order valence-electron chi connectivity index (χ4n) is 2.79. The Morgan fingerprint density at radius 2 is 1.83 bits per heavy atom. The lowest BCUT2D eigenvalue weighted by molar-refractivity contribution is 0.481. The van der Waals surface area contributed by atoms with Crippen molar-refractivity contribution in [3.8, 4) is 5.75 Å². The van der Waals surface area contributed by atoms with E-state index in [0.29, 0.717) is 17.8 Å². The standard InChI is InChI=1S/C15H18N2O/c16-10-7-8-11(9-10)17-14-5-1-4-13-12(14)3-2-6-15(13)18/h1-6,10-11,17-18H,7-9,16H2. The highest BCUT2D eigenvalue weighted by Crippen LogP contribution is 2.31. The van der Waals surface area contributed by atoms with E-state index in [1.54, 1.807) is 6.07 Å². The summed E-state index contributed by atoms with van der Waals surface area (Å²) in [5, 5.41) is 15.4. The van der Waals surface area contributed by atoms with Crippen LogP contribution in [0.3, 0.4) is 0 Å². The van der Waals surface area contributed by atoms with Crippen LogP contribution in [0, 0.1) is 0 Å². The van der Waals surface area contributed by atoms with Crippen LogP contribution in [0.4, 0.5) is 5.69 Å². The number of nitrogens with one attached hydrogen (secondary N) is 1. The van der Waals surface area contributed by atoms with Gasteiger partial charge in [-0.1, -0.05) is 24.3 Å². The maximum Gasteiger partial charge on any atom is 0.123 e. The number of benzene rings is 2. The lowest BCUT2D eigenvalue weighted by atomic mass is 10.1. The van der Waals surface area contributed by atoms with Crippen LogP contribution >= 0.6 is 0 Å². The molecule has 0 aliphatic heterocycles. The second-order valence-corrected chi connectivity index (χ2v) is 5.09. The molecule has 3 nitrogen and oxygen atoms in total. The van der Waals surface area contributed by atoms with Gasteiger partial charge in [0.25, 0.3) is 0 Å². The van der Waals surface area contributed by atoms with Gasteiger partial charge in [-0.2, -0.15) is 0 Å². The van der Waals surface area contributed by atoms with Gasteiger partial charge >= 0.3 is 0 Å². The van der Waals surface area contributed by atoms with Crippen molar-refractivity contribution in [2.45, 2.75) is 31.3 Å². The minimum atomic E-state index is 0.325. The highest BCUT2D eigenvalue weighted by atomic mass is 16.3. The zero-order valence-corrected chi connectivity index (χ0v) is 10.3. The van der Waals surface area contributed by atoms with Gasteiger partial charge in [-0.3, -0.25) is 0 Å². The number of anilines is 1. The summed E-state index contributed by atoms with van der Waals surface area (Å²) >= 11 is 0. The van der Waals surface area contributed by atoms with Crippen LogP contribution in [0.5, 0.6) is 5.75 Å². The van der Waals surface area contributed by atoms with Crippen LogP contribution in [-0.4, -0.2) is 17.2 Å². The van der Waals surface area contributed by atoms with Gasteiger partial charge in [0, 0.05) is 28.5 Å². The van der Waals surface area contributed by atoms with Gasteiger partial charge in [0.2, 0.25) is 0 Å². The summed E-state index contributed by atoms with van der Waals surface area (Å²) in [5.41, 5.74) is 7.02. The normalized spacial score (nSPS) is 23.4. The number of nitrogens with two attached hydrogens (primary N) is 1. The molecule has 3 rings (SSSR count). The monoisotopic (exact) mass is 242 g/mol. The van der Waals surface area contributed by atoms with E-state index in [-0.39, 0.29) is 0 Å². The molecule has 0 saturated heterocycles. The van der Waals surface area contributed by atoms with E-state index in [9.17, 15) is 5.11 Å².